The average Bonchev–Trinajstić information content (AvgIpc) is 4.02. The number of aryl methyl sites for hydroxylation is 1. The van der Waals surface area contributed by atoms with Crippen LogP contribution in [-0.2, 0) is 30.8 Å². The van der Waals surface area contributed by atoms with Crippen LogP contribution >= 0.6 is 0 Å². The van der Waals surface area contributed by atoms with Gasteiger partial charge in [0.1, 0.15) is 24.2 Å². The van der Waals surface area contributed by atoms with Crippen molar-refractivity contribution in [3.05, 3.63) is 65.4 Å². The molecular formula is C45H52F3N11O6. The van der Waals surface area contributed by atoms with Crippen molar-refractivity contribution in [2.24, 2.45) is 13.0 Å². The molecule has 1 aliphatic carbocycles. The SMILES string of the molecule is COC[C@@H]1CN(c2ccn3ncc(C(=O)Nc4cn(C5CCC(CN6CC[C@@H](OCC#Cc7cccc8c(C9CCC(=O)NC9=O)nn(C)c78)[C@@H](F)C6)CC5)nc4C(F)F)c3n2)CCO1. The molecule has 0 spiro atoms. The van der Waals surface area contributed by atoms with E-state index in [1.54, 1.807) is 35.8 Å². The number of anilines is 2. The molecular weight excluding hydrogens is 848 g/mol. The first-order chi connectivity index (χ1) is 31.5. The minimum absolute atomic E-state index is 0.0554. The number of imide groups is 1. The molecule has 3 aliphatic heterocycles. The zero-order chi connectivity index (χ0) is 45.2. The summed E-state index contributed by atoms with van der Waals surface area (Å²) in [5.41, 5.74) is 1.97. The first-order valence-corrected chi connectivity index (χ1v) is 22.2. The lowest BCUT2D eigenvalue weighted by Gasteiger charge is -2.38. The molecule has 65 heavy (non-hydrogen) atoms. The van der Waals surface area contributed by atoms with Gasteiger partial charge in [-0.3, -0.25) is 34.0 Å². The fraction of sp³-hybridized carbons (Fsp3) is 0.533. The lowest BCUT2D eigenvalue weighted by Crippen LogP contribution is -2.47. The maximum Gasteiger partial charge on any atom is 0.284 e. The number of likely N-dealkylation sites (tertiary alicyclic amines) is 1. The maximum atomic E-state index is 15.5. The van der Waals surface area contributed by atoms with Crippen LogP contribution in [0.5, 0.6) is 0 Å². The van der Waals surface area contributed by atoms with Crippen LogP contribution in [0.15, 0.2) is 42.9 Å². The second-order valence-electron chi connectivity index (χ2n) is 17.3. The minimum Gasteiger partial charge on any atom is -0.382 e. The van der Waals surface area contributed by atoms with Gasteiger partial charge in [-0.05, 0) is 56.6 Å². The second-order valence-corrected chi connectivity index (χ2v) is 17.3. The fourth-order valence-corrected chi connectivity index (χ4v) is 9.66. The van der Waals surface area contributed by atoms with Crippen molar-refractivity contribution in [1.29, 1.82) is 0 Å². The zero-order valence-electron chi connectivity index (χ0n) is 36.3. The molecule has 0 radical (unpaired) electrons. The van der Waals surface area contributed by atoms with Gasteiger partial charge in [0, 0.05) is 71.1 Å². The molecule has 7 heterocycles. The number of aromatic nitrogens is 7. The number of ether oxygens (including phenoxy) is 3. The van der Waals surface area contributed by atoms with Crippen molar-refractivity contribution in [2.75, 3.05) is 69.9 Å². The zero-order valence-corrected chi connectivity index (χ0v) is 36.3. The normalized spacial score (nSPS) is 24.4. The number of piperidine rings is 2. The monoisotopic (exact) mass is 899 g/mol. The van der Waals surface area contributed by atoms with Crippen molar-refractivity contribution >= 4 is 45.8 Å². The van der Waals surface area contributed by atoms with Crippen molar-refractivity contribution in [3.63, 3.8) is 0 Å². The lowest BCUT2D eigenvalue weighted by atomic mass is 9.85. The van der Waals surface area contributed by atoms with E-state index in [-0.39, 0.29) is 54.8 Å². The largest absolute Gasteiger partial charge is 0.382 e. The van der Waals surface area contributed by atoms with E-state index >= 15 is 4.39 Å². The molecule has 1 saturated carbocycles. The predicted octanol–water partition coefficient (Wildman–Crippen LogP) is 4.59. The molecule has 1 unspecified atom stereocenters. The van der Waals surface area contributed by atoms with E-state index in [1.807, 2.05) is 23.1 Å². The number of hydrogen-bond donors (Lipinski definition) is 2. The van der Waals surface area contributed by atoms with Crippen LogP contribution in [-0.4, -0.2) is 135 Å². The standard InChI is InChI=1S/C45H52F3N11O6/c1-55-41-28(5-3-7-31(41)39(53-55)32-12-13-38(60)52-44(32)61)6-4-19-65-36-14-16-56(24-34(36)46)22-27-8-10-29(11-9-27)59-25-35(40(54-59)42(47)48)50-45(62)33-21-49-58-17-15-37(51-43(33)58)57-18-20-64-30(23-57)26-63-2/h3,5,7,15,17,21,25,27,29-30,32,34,36,42H,8-14,16,18-20,22-24,26H2,1-2H3,(H,50,62)(H,52,60,61)/t27?,29?,30-,32?,34-,36+/m0/s1. The van der Waals surface area contributed by atoms with Gasteiger partial charge in [0.2, 0.25) is 11.8 Å². The number of morpholine rings is 1. The highest BCUT2D eigenvalue weighted by Crippen LogP contribution is 2.36. The number of hydrogen-bond acceptors (Lipinski definition) is 12. The molecule has 3 amide bonds. The predicted molar refractivity (Wildman–Crippen MR) is 231 cm³/mol. The van der Waals surface area contributed by atoms with Gasteiger partial charge in [0.15, 0.2) is 11.3 Å². The Morgan fingerprint density at radius 3 is 2.71 bits per heavy atom. The Morgan fingerprint density at radius 1 is 1.08 bits per heavy atom. The number of para-hydroxylation sites is 1. The number of nitrogens with zero attached hydrogens (tertiary/aromatic N) is 9. The summed E-state index contributed by atoms with van der Waals surface area (Å²) in [5, 5.41) is 19.0. The molecule has 9 rings (SSSR count). The first-order valence-electron chi connectivity index (χ1n) is 22.2. The Bertz CT molecular complexity index is 2610. The molecule has 4 aromatic heterocycles. The van der Waals surface area contributed by atoms with Gasteiger partial charge in [-0.2, -0.15) is 15.3 Å². The van der Waals surface area contributed by atoms with Gasteiger partial charge >= 0.3 is 0 Å². The van der Waals surface area contributed by atoms with Crippen molar-refractivity contribution in [2.45, 2.75) is 81.7 Å². The van der Waals surface area contributed by atoms with Crippen LogP contribution in [0.2, 0.25) is 0 Å². The molecule has 2 N–H and O–H groups in total. The third-order valence-corrected chi connectivity index (χ3v) is 13.0. The molecule has 3 saturated heterocycles. The molecule has 4 atom stereocenters. The van der Waals surface area contributed by atoms with Crippen molar-refractivity contribution < 1.29 is 41.8 Å². The number of nitrogens with one attached hydrogen (secondary N) is 2. The Hall–Kier alpha value is -5.88. The Kier molecular flexibility index (Phi) is 13.2. The van der Waals surface area contributed by atoms with Gasteiger partial charge in [-0.25, -0.2) is 22.7 Å². The number of benzene rings is 1. The molecule has 1 aromatic carbocycles. The van der Waals surface area contributed by atoms with E-state index in [4.69, 9.17) is 19.2 Å². The highest BCUT2D eigenvalue weighted by Gasteiger charge is 2.34. The summed E-state index contributed by atoms with van der Waals surface area (Å²) in [6.07, 6.45) is 4.01. The average molecular weight is 900 g/mol. The molecule has 20 heteroatoms. The molecule has 4 aliphatic rings. The molecule has 0 bridgehead atoms. The van der Waals surface area contributed by atoms with Crippen LogP contribution in [0.25, 0.3) is 16.6 Å². The summed E-state index contributed by atoms with van der Waals surface area (Å²) < 4.78 is 65.8. The minimum atomic E-state index is -2.91. The van der Waals surface area contributed by atoms with E-state index in [0.717, 1.165) is 30.3 Å². The number of methoxy groups -OCH3 is 1. The quantitative estimate of drug-likeness (QED) is 0.132. The molecule has 17 nitrogen and oxygen atoms in total. The topological polar surface area (TPSA) is 175 Å². The van der Waals surface area contributed by atoms with Gasteiger partial charge in [-0.15, -0.1) is 0 Å². The smallest absolute Gasteiger partial charge is 0.284 e. The molecule has 5 aromatic rings. The highest BCUT2D eigenvalue weighted by molar-refractivity contribution is 6.08. The summed E-state index contributed by atoms with van der Waals surface area (Å²) in [6.45, 7) is 3.82. The Morgan fingerprint density at radius 2 is 1.92 bits per heavy atom. The number of rotatable bonds is 12. The van der Waals surface area contributed by atoms with E-state index < -0.39 is 36.2 Å². The second kappa shape index (κ2) is 19.3. The summed E-state index contributed by atoms with van der Waals surface area (Å²) in [6, 6.07) is 7.29. The number of carbonyl (C=O) groups is 3. The maximum absolute atomic E-state index is 15.5. The van der Waals surface area contributed by atoms with Gasteiger partial charge in [0.05, 0.1) is 66.0 Å². The van der Waals surface area contributed by atoms with E-state index in [1.165, 1.54) is 16.9 Å². The highest BCUT2D eigenvalue weighted by atomic mass is 19.3. The Labute approximate surface area is 372 Å². The summed E-state index contributed by atoms with van der Waals surface area (Å²) >= 11 is 0. The molecule has 4 fully saturated rings. The first kappa shape index (κ1) is 44.3. The number of carbonyl (C=O) groups excluding carboxylic acids is 3. The lowest BCUT2D eigenvalue weighted by molar-refractivity contribution is -0.134. The van der Waals surface area contributed by atoms with Gasteiger partial charge < -0.3 is 24.4 Å². The van der Waals surface area contributed by atoms with Crippen LogP contribution in [0.4, 0.5) is 24.7 Å². The van der Waals surface area contributed by atoms with E-state index in [0.29, 0.717) is 87.2 Å². The molecule has 344 valence electrons. The van der Waals surface area contributed by atoms with Gasteiger partial charge in [0.25, 0.3) is 12.3 Å². The van der Waals surface area contributed by atoms with Crippen LogP contribution in [0, 0.1) is 17.8 Å². The third-order valence-electron chi connectivity index (χ3n) is 13.0. The summed E-state index contributed by atoms with van der Waals surface area (Å²) in [5.74, 6) is 5.36. The summed E-state index contributed by atoms with van der Waals surface area (Å²) in [7, 11) is 3.41. The van der Waals surface area contributed by atoms with Crippen molar-refractivity contribution in [3.8, 4) is 11.8 Å². The van der Waals surface area contributed by atoms with Crippen molar-refractivity contribution in [1.82, 2.24) is 44.4 Å². The van der Waals surface area contributed by atoms with Crippen LogP contribution in [0.1, 0.15) is 90.6 Å². The Balaban J connectivity index is 0.755. The van der Waals surface area contributed by atoms with Crippen LogP contribution < -0.4 is 15.5 Å². The number of alkyl halides is 3. The van der Waals surface area contributed by atoms with E-state index in [9.17, 15) is 23.2 Å². The third kappa shape index (κ3) is 9.60. The summed E-state index contributed by atoms with van der Waals surface area (Å²) in [4.78, 5) is 46.7. The van der Waals surface area contributed by atoms with E-state index in [2.05, 4.69) is 42.7 Å². The van der Waals surface area contributed by atoms with Gasteiger partial charge in [-0.1, -0.05) is 24.0 Å². The fourth-order valence-electron chi connectivity index (χ4n) is 9.66. The number of halogens is 3. The van der Waals surface area contributed by atoms with Crippen LogP contribution in [0.3, 0.4) is 0 Å². The number of amides is 3. The number of fused-ring (bicyclic) bond motifs is 2.